The molecule has 0 saturated heterocycles. The van der Waals surface area contributed by atoms with E-state index in [1.165, 1.54) is 32.7 Å². The van der Waals surface area contributed by atoms with Crippen molar-refractivity contribution in [1.29, 1.82) is 0 Å². The lowest BCUT2D eigenvalue weighted by atomic mass is 9.95. The highest BCUT2D eigenvalue weighted by Crippen LogP contribution is 2.44. The van der Waals surface area contributed by atoms with Crippen molar-refractivity contribution in [3.63, 3.8) is 0 Å². The van der Waals surface area contributed by atoms with E-state index in [9.17, 15) is 0 Å². The molecule has 1 heterocycles. The molecule has 4 rings (SSSR count). The van der Waals surface area contributed by atoms with Gasteiger partial charge in [0, 0.05) is 20.5 Å². The van der Waals surface area contributed by atoms with Gasteiger partial charge in [0.15, 0.2) is 0 Å². The van der Waals surface area contributed by atoms with Gasteiger partial charge in [-0.05, 0) is 34.2 Å². The predicted molar refractivity (Wildman–Crippen MR) is 108 cm³/mol. The molecule has 3 aromatic carbocycles. The van der Waals surface area contributed by atoms with Crippen molar-refractivity contribution in [3.05, 3.63) is 94.8 Å². The van der Waals surface area contributed by atoms with Gasteiger partial charge in [0.1, 0.15) is 0 Å². The van der Waals surface area contributed by atoms with Crippen LogP contribution in [0.2, 0.25) is 0 Å². The summed E-state index contributed by atoms with van der Waals surface area (Å²) < 4.78 is 1.10. The second kappa shape index (κ2) is 6.76. The molecule has 24 heavy (non-hydrogen) atoms. The molecule has 2 heteroatoms. The van der Waals surface area contributed by atoms with Crippen molar-refractivity contribution in [3.8, 4) is 32.7 Å². The first-order valence-corrected chi connectivity index (χ1v) is 9.48. The van der Waals surface area contributed by atoms with Gasteiger partial charge in [-0.3, -0.25) is 0 Å². The smallest absolute Gasteiger partial charge is 0.0427 e. The van der Waals surface area contributed by atoms with Crippen molar-refractivity contribution in [1.82, 2.24) is 0 Å². The van der Waals surface area contributed by atoms with Crippen LogP contribution in [0.4, 0.5) is 0 Å². The molecule has 0 spiro atoms. The summed E-state index contributed by atoms with van der Waals surface area (Å²) in [5.41, 5.74) is 6.35. The third kappa shape index (κ3) is 2.95. The fourth-order valence-electron chi connectivity index (χ4n) is 2.92. The van der Waals surface area contributed by atoms with Gasteiger partial charge in [0.25, 0.3) is 0 Å². The van der Waals surface area contributed by atoms with E-state index in [0.29, 0.717) is 0 Å². The summed E-state index contributed by atoms with van der Waals surface area (Å²) >= 11 is 5.40. The first-order chi connectivity index (χ1) is 11.8. The lowest BCUT2D eigenvalue weighted by Gasteiger charge is -2.09. The molecule has 0 unspecified atom stereocenters. The van der Waals surface area contributed by atoms with Crippen LogP contribution in [0.15, 0.2) is 94.8 Å². The van der Waals surface area contributed by atoms with E-state index in [1.807, 2.05) is 11.3 Å². The predicted octanol–water partition coefficient (Wildman–Crippen LogP) is 7.51. The Bertz CT molecular complexity index is 956. The molecule has 116 valence electrons. The van der Waals surface area contributed by atoms with E-state index in [-0.39, 0.29) is 0 Å². The molecule has 0 N–H and O–H groups in total. The molecule has 0 fully saturated rings. The van der Waals surface area contributed by atoms with Crippen molar-refractivity contribution in [2.24, 2.45) is 0 Å². The Hall–Kier alpha value is -2.16. The average molecular weight is 391 g/mol. The Kier molecular flexibility index (Phi) is 4.33. The van der Waals surface area contributed by atoms with Crippen LogP contribution in [0, 0.1) is 0 Å². The number of thiophene rings is 1. The molecule has 0 aliphatic heterocycles. The Balaban J connectivity index is 1.97. The summed E-state index contributed by atoms with van der Waals surface area (Å²) in [5.74, 6) is 0. The third-order valence-corrected chi connectivity index (χ3v) is 5.55. The van der Waals surface area contributed by atoms with E-state index in [0.717, 1.165) is 4.47 Å². The highest BCUT2D eigenvalue weighted by Gasteiger charge is 2.16. The molecule has 0 atom stereocenters. The zero-order valence-corrected chi connectivity index (χ0v) is 15.3. The quantitative estimate of drug-likeness (QED) is 0.339. The van der Waals surface area contributed by atoms with Crippen LogP contribution in [0.3, 0.4) is 0 Å². The van der Waals surface area contributed by atoms with Gasteiger partial charge in [-0.1, -0.05) is 88.7 Å². The van der Waals surface area contributed by atoms with E-state index >= 15 is 0 Å². The molecule has 0 nitrogen and oxygen atoms in total. The third-order valence-electron chi connectivity index (χ3n) is 4.03. The summed E-state index contributed by atoms with van der Waals surface area (Å²) in [6.07, 6.45) is 0. The number of hydrogen-bond donors (Lipinski definition) is 0. The topological polar surface area (TPSA) is 0 Å². The van der Waals surface area contributed by atoms with Crippen molar-refractivity contribution < 1.29 is 0 Å². The van der Waals surface area contributed by atoms with Crippen molar-refractivity contribution >= 4 is 27.3 Å². The minimum atomic E-state index is 1.10. The van der Waals surface area contributed by atoms with Gasteiger partial charge < -0.3 is 0 Å². The first-order valence-electron chi connectivity index (χ1n) is 7.81. The SMILES string of the molecule is Brc1cccc(-c2csc(-c3ccccc3)c2-c2ccccc2)c1. The number of benzene rings is 3. The zero-order valence-electron chi connectivity index (χ0n) is 12.9. The molecule has 4 aromatic rings. The van der Waals surface area contributed by atoms with Crippen molar-refractivity contribution in [2.75, 3.05) is 0 Å². The standard InChI is InChI=1S/C22H15BrS/c23-19-13-7-12-18(14-19)20-15-24-22(17-10-5-2-6-11-17)21(20)16-8-3-1-4-9-16/h1-15H. The number of hydrogen-bond acceptors (Lipinski definition) is 1. The van der Waals surface area contributed by atoms with E-state index < -0.39 is 0 Å². The summed E-state index contributed by atoms with van der Waals surface area (Å²) in [5, 5.41) is 2.27. The fourth-order valence-corrected chi connectivity index (χ4v) is 4.43. The van der Waals surface area contributed by atoms with Gasteiger partial charge in [-0.15, -0.1) is 11.3 Å². The summed E-state index contributed by atoms with van der Waals surface area (Å²) in [7, 11) is 0. The average Bonchev–Trinajstić information content (AvgIpc) is 3.08. The van der Waals surface area contributed by atoms with Gasteiger partial charge >= 0.3 is 0 Å². The summed E-state index contributed by atoms with van der Waals surface area (Å²) in [4.78, 5) is 1.32. The number of rotatable bonds is 3. The molecule has 0 radical (unpaired) electrons. The Morgan fingerprint density at radius 3 is 1.92 bits per heavy atom. The first kappa shape index (κ1) is 15.4. The van der Waals surface area contributed by atoms with Crippen LogP contribution in [-0.4, -0.2) is 0 Å². The zero-order chi connectivity index (χ0) is 16.4. The van der Waals surface area contributed by atoms with E-state index in [1.54, 1.807) is 0 Å². The Morgan fingerprint density at radius 1 is 0.625 bits per heavy atom. The molecular formula is C22H15BrS. The van der Waals surface area contributed by atoms with Gasteiger partial charge in [0.2, 0.25) is 0 Å². The molecule has 0 aliphatic rings. The van der Waals surface area contributed by atoms with Gasteiger partial charge in [-0.25, -0.2) is 0 Å². The van der Waals surface area contributed by atoms with Crippen LogP contribution in [-0.2, 0) is 0 Å². The Morgan fingerprint density at radius 2 is 1.25 bits per heavy atom. The molecule has 0 aliphatic carbocycles. The molecule has 0 bridgehead atoms. The minimum absolute atomic E-state index is 1.10. The lowest BCUT2D eigenvalue weighted by molar-refractivity contribution is 1.60. The summed E-state index contributed by atoms with van der Waals surface area (Å²) in [6, 6.07) is 29.8. The van der Waals surface area contributed by atoms with Crippen LogP contribution in [0.5, 0.6) is 0 Å². The second-order valence-electron chi connectivity index (χ2n) is 5.60. The molecule has 1 aromatic heterocycles. The van der Waals surface area contributed by atoms with Crippen LogP contribution < -0.4 is 0 Å². The van der Waals surface area contributed by atoms with E-state index in [2.05, 4.69) is 106 Å². The maximum Gasteiger partial charge on any atom is 0.0427 e. The van der Waals surface area contributed by atoms with Crippen LogP contribution >= 0.6 is 27.3 Å². The maximum atomic E-state index is 3.60. The monoisotopic (exact) mass is 390 g/mol. The summed E-state index contributed by atoms with van der Waals surface area (Å²) in [6.45, 7) is 0. The normalized spacial score (nSPS) is 10.7. The van der Waals surface area contributed by atoms with Crippen LogP contribution in [0.25, 0.3) is 32.7 Å². The largest absolute Gasteiger partial charge is 0.142 e. The molecular weight excluding hydrogens is 376 g/mol. The number of halogens is 1. The van der Waals surface area contributed by atoms with E-state index in [4.69, 9.17) is 0 Å². The highest BCUT2D eigenvalue weighted by molar-refractivity contribution is 9.10. The highest BCUT2D eigenvalue weighted by atomic mass is 79.9. The van der Waals surface area contributed by atoms with Gasteiger partial charge in [0.05, 0.1) is 0 Å². The van der Waals surface area contributed by atoms with Crippen molar-refractivity contribution in [2.45, 2.75) is 0 Å². The van der Waals surface area contributed by atoms with Crippen LogP contribution in [0.1, 0.15) is 0 Å². The second-order valence-corrected chi connectivity index (χ2v) is 7.39. The molecule has 0 saturated carbocycles. The lowest BCUT2D eigenvalue weighted by Crippen LogP contribution is -1.83. The van der Waals surface area contributed by atoms with Gasteiger partial charge in [-0.2, -0.15) is 0 Å². The minimum Gasteiger partial charge on any atom is -0.142 e. The Labute approximate surface area is 154 Å². The molecule has 0 amide bonds. The maximum absolute atomic E-state index is 3.60. The fraction of sp³-hybridized carbons (Fsp3) is 0.